The molecule has 2 nitrogen and oxygen atoms in total. The Balaban J connectivity index is 0. The average molecular weight is 213 g/mol. The van der Waals surface area contributed by atoms with E-state index in [2.05, 4.69) is 6.92 Å². The van der Waals surface area contributed by atoms with Crippen molar-refractivity contribution in [1.82, 2.24) is 0 Å². The van der Waals surface area contributed by atoms with Crippen molar-refractivity contribution < 1.29 is 9.90 Å². The number of carbonyl (C=O) groups is 1. The van der Waals surface area contributed by atoms with Crippen molar-refractivity contribution in [3.05, 3.63) is 0 Å². The smallest absolute Gasteiger partial charge is 0.316 e. The maximum absolute atomic E-state index is 10.2. The highest BCUT2D eigenvalue weighted by Crippen LogP contribution is 2.09. The predicted molar refractivity (Wildman–Crippen MR) is 63.4 cm³/mol. The van der Waals surface area contributed by atoms with E-state index in [-0.39, 0.29) is 23.1 Å². The Morgan fingerprint density at radius 1 is 0.929 bits per heavy atom. The summed E-state index contributed by atoms with van der Waals surface area (Å²) < 4.78 is 0. The SMILES string of the molecule is CCCCCCCCCCC(=O)O.[MgH2]. The van der Waals surface area contributed by atoms with Crippen LogP contribution in [0.4, 0.5) is 0 Å². The molecule has 0 aromatic rings. The second-order valence-electron chi connectivity index (χ2n) is 3.62. The van der Waals surface area contributed by atoms with Gasteiger partial charge in [0, 0.05) is 6.42 Å². The van der Waals surface area contributed by atoms with Gasteiger partial charge in [-0.05, 0) is 6.42 Å². The van der Waals surface area contributed by atoms with Gasteiger partial charge in [-0.3, -0.25) is 4.79 Å². The van der Waals surface area contributed by atoms with Crippen LogP contribution in [-0.2, 0) is 4.79 Å². The Hall–Kier alpha value is 0.236. The third-order valence-corrected chi connectivity index (χ3v) is 2.24. The molecule has 0 heterocycles. The Kier molecular flexibility index (Phi) is 15.7. The molecular formula is C11H24MgO2. The second kappa shape index (κ2) is 13.2. The quantitative estimate of drug-likeness (QED) is 0.471. The first-order valence-electron chi connectivity index (χ1n) is 5.49. The highest BCUT2D eigenvalue weighted by Gasteiger charge is 1.95. The molecule has 0 spiro atoms. The van der Waals surface area contributed by atoms with Crippen molar-refractivity contribution in [3.63, 3.8) is 0 Å². The standard InChI is InChI=1S/C11H22O2.Mg.2H/c1-2-3-4-5-6-7-8-9-10-11(12)13;;;/h2-10H2,1H3,(H,12,13);;;. The topological polar surface area (TPSA) is 37.3 Å². The Labute approximate surface area is 104 Å². The summed E-state index contributed by atoms with van der Waals surface area (Å²) in [6.07, 6.45) is 10.1. The minimum Gasteiger partial charge on any atom is -0.481 e. The van der Waals surface area contributed by atoms with E-state index in [1.54, 1.807) is 0 Å². The Morgan fingerprint density at radius 2 is 1.36 bits per heavy atom. The molecule has 1 N–H and O–H groups in total. The Morgan fingerprint density at radius 3 is 1.79 bits per heavy atom. The van der Waals surface area contributed by atoms with E-state index in [9.17, 15) is 4.79 Å². The second-order valence-corrected chi connectivity index (χ2v) is 3.62. The van der Waals surface area contributed by atoms with Gasteiger partial charge in [-0.25, -0.2) is 0 Å². The monoisotopic (exact) mass is 212 g/mol. The molecule has 0 unspecified atom stereocenters. The maximum atomic E-state index is 10.2. The van der Waals surface area contributed by atoms with E-state index in [4.69, 9.17) is 5.11 Å². The lowest BCUT2D eigenvalue weighted by Crippen LogP contribution is -1.93. The summed E-state index contributed by atoms with van der Waals surface area (Å²) in [6, 6.07) is 0. The minimum absolute atomic E-state index is 0. The fourth-order valence-corrected chi connectivity index (χ4v) is 1.41. The molecule has 0 saturated heterocycles. The summed E-state index contributed by atoms with van der Waals surface area (Å²) in [7, 11) is 0. The molecular weight excluding hydrogens is 188 g/mol. The van der Waals surface area contributed by atoms with Gasteiger partial charge in [0.1, 0.15) is 0 Å². The molecule has 0 aliphatic heterocycles. The molecule has 0 aromatic heterocycles. The molecule has 0 aliphatic carbocycles. The number of carboxylic acids is 1. The van der Waals surface area contributed by atoms with Crippen LogP contribution in [0.5, 0.6) is 0 Å². The predicted octanol–water partition coefficient (Wildman–Crippen LogP) is 2.69. The van der Waals surface area contributed by atoms with E-state index in [0.29, 0.717) is 6.42 Å². The molecule has 0 atom stereocenters. The van der Waals surface area contributed by atoms with Crippen molar-refractivity contribution in [2.75, 3.05) is 0 Å². The van der Waals surface area contributed by atoms with Crippen LogP contribution in [-0.4, -0.2) is 34.1 Å². The summed E-state index contributed by atoms with van der Waals surface area (Å²) in [6.45, 7) is 2.22. The van der Waals surface area contributed by atoms with E-state index >= 15 is 0 Å². The van der Waals surface area contributed by atoms with Crippen LogP contribution in [0.25, 0.3) is 0 Å². The van der Waals surface area contributed by atoms with Gasteiger partial charge >= 0.3 is 29.0 Å². The van der Waals surface area contributed by atoms with Crippen LogP contribution in [0, 0.1) is 0 Å². The molecule has 0 aliphatic rings. The summed E-state index contributed by atoms with van der Waals surface area (Å²) in [5, 5.41) is 8.39. The third kappa shape index (κ3) is 14.7. The molecule has 0 amide bonds. The van der Waals surface area contributed by atoms with Crippen molar-refractivity contribution in [2.24, 2.45) is 0 Å². The molecule has 0 rings (SSSR count). The molecule has 14 heavy (non-hydrogen) atoms. The van der Waals surface area contributed by atoms with Gasteiger partial charge in [0.25, 0.3) is 0 Å². The number of hydrogen-bond acceptors (Lipinski definition) is 1. The van der Waals surface area contributed by atoms with Crippen molar-refractivity contribution in [2.45, 2.75) is 64.7 Å². The largest absolute Gasteiger partial charge is 0.481 e. The molecule has 0 bridgehead atoms. The van der Waals surface area contributed by atoms with E-state index in [0.717, 1.165) is 12.8 Å². The third-order valence-electron chi connectivity index (χ3n) is 2.24. The van der Waals surface area contributed by atoms with Crippen LogP contribution in [0.2, 0.25) is 0 Å². The van der Waals surface area contributed by atoms with E-state index in [1.807, 2.05) is 0 Å². The zero-order chi connectivity index (χ0) is 9.94. The highest BCUT2D eigenvalue weighted by molar-refractivity contribution is 5.75. The molecule has 0 saturated carbocycles. The first-order valence-corrected chi connectivity index (χ1v) is 5.49. The maximum Gasteiger partial charge on any atom is 0.316 e. The zero-order valence-electron chi connectivity index (χ0n) is 8.72. The van der Waals surface area contributed by atoms with Gasteiger partial charge in [-0.15, -0.1) is 0 Å². The summed E-state index contributed by atoms with van der Waals surface area (Å²) >= 11 is 0. The number of rotatable bonds is 9. The van der Waals surface area contributed by atoms with Gasteiger partial charge in [0.05, 0.1) is 0 Å². The lowest BCUT2D eigenvalue weighted by molar-refractivity contribution is -0.137. The normalized spacial score (nSPS) is 9.50. The van der Waals surface area contributed by atoms with Gasteiger partial charge < -0.3 is 5.11 Å². The fraction of sp³-hybridized carbons (Fsp3) is 0.909. The molecule has 0 fully saturated rings. The highest BCUT2D eigenvalue weighted by atomic mass is 24.3. The van der Waals surface area contributed by atoms with Gasteiger partial charge in [0.15, 0.2) is 0 Å². The van der Waals surface area contributed by atoms with Gasteiger partial charge in [-0.1, -0.05) is 51.9 Å². The fourth-order valence-electron chi connectivity index (χ4n) is 1.41. The average Bonchev–Trinajstić information content (AvgIpc) is 2.09. The summed E-state index contributed by atoms with van der Waals surface area (Å²) in [5.74, 6) is -0.661. The van der Waals surface area contributed by atoms with Crippen molar-refractivity contribution >= 4 is 29.0 Å². The van der Waals surface area contributed by atoms with Crippen LogP contribution >= 0.6 is 0 Å². The first-order chi connectivity index (χ1) is 6.27. The van der Waals surface area contributed by atoms with Crippen LogP contribution < -0.4 is 0 Å². The van der Waals surface area contributed by atoms with Crippen molar-refractivity contribution in [1.29, 1.82) is 0 Å². The molecule has 0 aromatic carbocycles. The lowest BCUT2D eigenvalue weighted by atomic mass is 10.1. The first kappa shape index (κ1) is 16.7. The van der Waals surface area contributed by atoms with Crippen molar-refractivity contribution in [3.8, 4) is 0 Å². The number of unbranched alkanes of at least 4 members (excludes halogenated alkanes) is 7. The number of carboxylic acid groups (broad SMARTS) is 1. The van der Waals surface area contributed by atoms with E-state index in [1.165, 1.54) is 38.5 Å². The van der Waals surface area contributed by atoms with Crippen LogP contribution in [0.15, 0.2) is 0 Å². The molecule has 0 radical (unpaired) electrons. The number of aliphatic carboxylic acids is 1. The van der Waals surface area contributed by atoms with E-state index < -0.39 is 5.97 Å². The summed E-state index contributed by atoms with van der Waals surface area (Å²) in [4.78, 5) is 10.2. The summed E-state index contributed by atoms with van der Waals surface area (Å²) in [5.41, 5.74) is 0. The molecule has 3 heteroatoms. The van der Waals surface area contributed by atoms with Gasteiger partial charge in [0.2, 0.25) is 0 Å². The van der Waals surface area contributed by atoms with Gasteiger partial charge in [-0.2, -0.15) is 0 Å². The Bertz CT molecular complexity index is 126. The zero-order valence-corrected chi connectivity index (χ0v) is 8.72. The minimum atomic E-state index is -0.661. The number of hydrogen-bond donors (Lipinski definition) is 1. The van der Waals surface area contributed by atoms with Crippen LogP contribution in [0.3, 0.4) is 0 Å². The lowest BCUT2D eigenvalue weighted by Gasteiger charge is -1.99. The molecule has 82 valence electrons. The van der Waals surface area contributed by atoms with Crippen LogP contribution in [0.1, 0.15) is 64.7 Å².